The molecule has 0 aliphatic carbocycles. The highest BCUT2D eigenvalue weighted by molar-refractivity contribution is 5.38. The Morgan fingerprint density at radius 1 is 1.19 bits per heavy atom. The van der Waals surface area contributed by atoms with Crippen LogP contribution >= 0.6 is 0 Å². The second kappa shape index (κ2) is 6.10. The monoisotopic (exact) mass is 286 g/mol. The predicted molar refractivity (Wildman–Crippen MR) is 84.3 cm³/mol. The summed E-state index contributed by atoms with van der Waals surface area (Å²) in [6.45, 7) is 6.35. The normalized spacial score (nSPS) is 11.3. The molecule has 1 heterocycles. The van der Waals surface area contributed by atoms with Crippen LogP contribution < -0.4 is 16.0 Å². The van der Waals surface area contributed by atoms with E-state index >= 15 is 0 Å². The topological polar surface area (TPSA) is 73.1 Å². The molecule has 2 rings (SSSR count). The average Bonchev–Trinajstić information content (AvgIpc) is 2.46. The fourth-order valence-electron chi connectivity index (χ4n) is 2.00. The molecular weight excluding hydrogens is 264 g/mol. The molecule has 0 bridgehead atoms. The van der Waals surface area contributed by atoms with Crippen LogP contribution in [0.4, 0.5) is 5.82 Å². The van der Waals surface area contributed by atoms with Crippen molar-refractivity contribution in [2.45, 2.75) is 32.6 Å². The number of hydrogen-bond acceptors (Lipinski definition) is 5. The van der Waals surface area contributed by atoms with E-state index in [9.17, 15) is 0 Å². The Morgan fingerprint density at radius 2 is 1.95 bits per heavy atom. The van der Waals surface area contributed by atoms with E-state index in [0.717, 1.165) is 22.8 Å². The number of benzene rings is 1. The van der Waals surface area contributed by atoms with Crippen LogP contribution in [0.5, 0.6) is 5.75 Å². The maximum absolute atomic E-state index is 5.51. The highest BCUT2D eigenvalue weighted by atomic mass is 16.5. The highest BCUT2D eigenvalue weighted by Gasteiger charge is 2.18. The molecule has 0 saturated heterocycles. The number of methoxy groups -OCH3 is 1. The molecule has 3 N–H and O–H groups in total. The smallest absolute Gasteiger partial charge is 0.143 e. The zero-order chi connectivity index (χ0) is 15.5. The summed E-state index contributed by atoms with van der Waals surface area (Å²) >= 11 is 0. The second-order valence-electron chi connectivity index (χ2n) is 5.98. The van der Waals surface area contributed by atoms with E-state index in [-0.39, 0.29) is 5.41 Å². The van der Waals surface area contributed by atoms with Gasteiger partial charge < -0.3 is 10.2 Å². The van der Waals surface area contributed by atoms with Crippen molar-refractivity contribution in [1.29, 1.82) is 0 Å². The van der Waals surface area contributed by atoms with E-state index in [1.807, 2.05) is 30.3 Å². The van der Waals surface area contributed by atoms with E-state index in [4.69, 9.17) is 10.6 Å². The Bertz CT molecular complexity index is 620. The van der Waals surface area contributed by atoms with Gasteiger partial charge >= 0.3 is 0 Å². The minimum Gasteiger partial charge on any atom is -0.497 e. The summed E-state index contributed by atoms with van der Waals surface area (Å²) in [5.41, 5.74) is 4.62. The van der Waals surface area contributed by atoms with Gasteiger partial charge in [0.05, 0.1) is 12.8 Å². The minimum absolute atomic E-state index is 0.0579. The van der Waals surface area contributed by atoms with E-state index in [1.165, 1.54) is 0 Å². The standard InChI is InChI=1S/C16H22N4O/c1-16(2,3)13-10-15(20-17)19-14(18-13)9-11-6-5-7-12(8-11)21-4/h5-8,10H,9,17H2,1-4H3,(H,18,19,20). The molecule has 0 aliphatic rings. The molecule has 21 heavy (non-hydrogen) atoms. The first-order valence-corrected chi connectivity index (χ1v) is 6.90. The van der Waals surface area contributed by atoms with Gasteiger partial charge in [-0.1, -0.05) is 32.9 Å². The van der Waals surface area contributed by atoms with E-state index in [2.05, 4.69) is 36.2 Å². The molecule has 0 saturated carbocycles. The molecule has 1 aromatic carbocycles. The number of hydrazine groups is 1. The summed E-state index contributed by atoms with van der Waals surface area (Å²) < 4.78 is 5.24. The van der Waals surface area contributed by atoms with Gasteiger partial charge in [0.2, 0.25) is 0 Å². The minimum atomic E-state index is -0.0579. The molecule has 0 radical (unpaired) electrons. The van der Waals surface area contributed by atoms with Gasteiger partial charge in [-0.05, 0) is 17.7 Å². The lowest BCUT2D eigenvalue weighted by atomic mass is 9.92. The third-order valence-corrected chi connectivity index (χ3v) is 3.19. The lowest BCUT2D eigenvalue weighted by Crippen LogP contribution is -2.18. The van der Waals surface area contributed by atoms with Crippen molar-refractivity contribution in [3.05, 3.63) is 47.4 Å². The number of hydrogen-bond donors (Lipinski definition) is 2. The van der Waals surface area contributed by atoms with E-state index in [1.54, 1.807) is 7.11 Å². The largest absolute Gasteiger partial charge is 0.497 e. The molecular formula is C16H22N4O. The molecule has 5 nitrogen and oxygen atoms in total. The summed E-state index contributed by atoms with van der Waals surface area (Å²) in [5, 5.41) is 0. The van der Waals surface area contributed by atoms with Gasteiger partial charge in [-0.2, -0.15) is 0 Å². The molecule has 0 fully saturated rings. The highest BCUT2D eigenvalue weighted by Crippen LogP contribution is 2.23. The van der Waals surface area contributed by atoms with Crippen molar-refractivity contribution in [2.24, 2.45) is 5.84 Å². The average molecular weight is 286 g/mol. The van der Waals surface area contributed by atoms with Crippen molar-refractivity contribution >= 4 is 5.82 Å². The SMILES string of the molecule is COc1cccc(Cc2nc(NN)cc(C(C)(C)C)n2)c1. The zero-order valence-electron chi connectivity index (χ0n) is 13.0. The van der Waals surface area contributed by atoms with Crippen molar-refractivity contribution in [2.75, 3.05) is 12.5 Å². The molecule has 112 valence electrons. The first kappa shape index (κ1) is 15.3. The van der Waals surface area contributed by atoms with Crippen molar-refractivity contribution in [1.82, 2.24) is 9.97 Å². The number of ether oxygens (including phenoxy) is 1. The number of nitrogens with two attached hydrogens (primary N) is 1. The number of nitrogens with one attached hydrogen (secondary N) is 1. The lowest BCUT2D eigenvalue weighted by molar-refractivity contribution is 0.414. The molecule has 0 unspecified atom stereocenters. The summed E-state index contributed by atoms with van der Waals surface area (Å²) in [6, 6.07) is 9.79. The molecule has 0 aliphatic heterocycles. The van der Waals surface area contributed by atoms with E-state index < -0.39 is 0 Å². The Kier molecular flexibility index (Phi) is 4.43. The van der Waals surface area contributed by atoms with Crippen LogP contribution in [0, 0.1) is 0 Å². The summed E-state index contributed by atoms with van der Waals surface area (Å²) in [6.07, 6.45) is 0.635. The number of rotatable bonds is 4. The molecule has 5 heteroatoms. The van der Waals surface area contributed by atoms with E-state index in [0.29, 0.717) is 12.2 Å². The Morgan fingerprint density at radius 3 is 2.57 bits per heavy atom. The maximum atomic E-state index is 5.51. The summed E-state index contributed by atoms with van der Waals surface area (Å²) in [7, 11) is 1.66. The summed E-state index contributed by atoms with van der Waals surface area (Å²) in [4.78, 5) is 9.08. The maximum Gasteiger partial charge on any atom is 0.143 e. The van der Waals surface area contributed by atoms with Crippen molar-refractivity contribution in [3.8, 4) is 5.75 Å². The van der Waals surface area contributed by atoms with Gasteiger partial charge in [-0.15, -0.1) is 0 Å². The van der Waals surface area contributed by atoms with Gasteiger partial charge in [0, 0.05) is 17.9 Å². The predicted octanol–water partition coefficient (Wildman–Crippen LogP) is 2.66. The van der Waals surface area contributed by atoms with Crippen LogP contribution in [0.3, 0.4) is 0 Å². The Labute approximate surface area is 125 Å². The van der Waals surface area contributed by atoms with Gasteiger partial charge in [0.1, 0.15) is 17.4 Å². The fourth-order valence-corrected chi connectivity index (χ4v) is 2.00. The molecule has 0 spiro atoms. The van der Waals surface area contributed by atoms with Crippen molar-refractivity contribution in [3.63, 3.8) is 0 Å². The van der Waals surface area contributed by atoms with Gasteiger partial charge in [-0.3, -0.25) is 0 Å². The quantitative estimate of drug-likeness (QED) is 0.667. The molecule has 1 aromatic heterocycles. The lowest BCUT2D eigenvalue weighted by Gasteiger charge is -2.19. The van der Waals surface area contributed by atoms with Gasteiger partial charge in [0.15, 0.2) is 0 Å². The molecule has 0 atom stereocenters. The van der Waals surface area contributed by atoms with Crippen LogP contribution in [0.1, 0.15) is 37.9 Å². The molecule has 0 amide bonds. The van der Waals surface area contributed by atoms with Crippen LogP contribution in [0.2, 0.25) is 0 Å². The van der Waals surface area contributed by atoms with Crippen LogP contribution in [0.15, 0.2) is 30.3 Å². The first-order chi connectivity index (χ1) is 9.92. The third kappa shape index (κ3) is 3.92. The number of nitrogens with zero attached hydrogens (tertiary/aromatic N) is 2. The second-order valence-corrected chi connectivity index (χ2v) is 5.98. The Balaban J connectivity index is 2.34. The first-order valence-electron chi connectivity index (χ1n) is 6.90. The van der Waals surface area contributed by atoms with Crippen molar-refractivity contribution < 1.29 is 4.74 Å². The number of aromatic nitrogens is 2. The van der Waals surface area contributed by atoms with Crippen LogP contribution in [-0.4, -0.2) is 17.1 Å². The van der Waals surface area contributed by atoms with Gasteiger partial charge in [-0.25, -0.2) is 15.8 Å². The van der Waals surface area contributed by atoms with Crippen LogP contribution in [0.25, 0.3) is 0 Å². The zero-order valence-corrected chi connectivity index (χ0v) is 13.0. The third-order valence-electron chi connectivity index (χ3n) is 3.19. The van der Waals surface area contributed by atoms with Crippen LogP contribution in [-0.2, 0) is 11.8 Å². The van der Waals surface area contributed by atoms with Gasteiger partial charge in [0.25, 0.3) is 0 Å². The fraction of sp³-hybridized carbons (Fsp3) is 0.375. The molecule has 2 aromatic rings. The summed E-state index contributed by atoms with van der Waals surface area (Å²) in [5.74, 6) is 7.71. The number of anilines is 1. The Hall–Kier alpha value is -2.14. The number of nitrogen functional groups attached to an aromatic ring is 1.